The fraction of sp³-hybridized carbons (Fsp3) is 0.500. The van der Waals surface area contributed by atoms with Gasteiger partial charge in [0.05, 0.1) is 0 Å². The van der Waals surface area contributed by atoms with Crippen LogP contribution in [-0.4, -0.2) is 6.29 Å². The first-order chi connectivity index (χ1) is 12.8. The summed E-state index contributed by atoms with van der Waals surface area (Å²) in [6, 6.07) is 17.8. The van der Waals surface area contributed by atoms with Gasteiger partial charge in [0.1, 0.15) is 5.75 Å². The third-order valence-electron chi connectivity index (χ3n) is 5.17. The van der Waals surface area contributed by atoms with Gasteiger partial charge in [0.25, 0.3) is 0 Å². The molecule has 0 saturated carbocycles. The third-order valence-corrected chi connectivity index (χ3v) is 5.17. The van der Waals surface area contributed by atoms with Crippen molar-refractivity contribution in [1.82, 2.24) is 0 Å². The van der Waals surface area contributed by atoms with Gasteiger partial charge < -0.3 is 9.62 Å². The second-order valence-corrected chi connectivity index (χ2v) is 8.32. The lowest BCUT2D eigenvalue weighted by Crippen LogP contribution is -2.19. The first-order valence-electron chi connectivity index (χ1n) is 9.95. The summed E-state index contributed by atoms with van der Waals surface area (Å²) < 4.78 is 5.81. The van der Waals surface area contributed by atoms with Crippen LogP contribution in [0.5, 0.6) is 11.5 Å². The summed E-state index contributed by atoms with van der Waals surface area (Å²) in [5.74, 6) is 2.58. The van der Waals surface area contributed by atoms with Crippen molar-refractivity contribution in [1.29, 1.82) is 0 Å². The average Bonchev–Trinajstić information content (AvgIpc) is 2.66. The smallest absolute Gasteiger partial charge is 0.239 e. The van der Waals surface area contributed by atoms with Crippen molar-refractivity contribution in [3.8, 4) is 11.5 Å². The molecule has 0 radical (unpaired) electrons. The Labute approximate surface area is 164 Å². The summed E-state index contributed by atoms with van der Waals surface area (Å²) in [5.41, 5.74) is 1.72. The van der Waals surface area contributed by atoms with E-state index in [0.717, 1.165) is 5.75 Å². The van der Waals surface area contributed by atoms with Gasteiger partial charge in [-0.25, -0.2) is 0 Å². The fourth-order valence-electron chi connectivity index (χ4n) is 3.08. The van der Waals surface area contributed by atoms with Crippen LogP contribution < -0.4 is 9.62 Å². The molecule has 0 aliphatic rings. The van der Waals surface area contributed by atoms with Crippen molar-refractivity contribution in [2.24, 2.45) is 11.3 Å². The molecule has 0 aliphatic heterocycles. The minimum absolute atomic E-state index is 0.348. The van der Waals surface area contributed by atoms with E-state index in [4.69, 9.17) is 14.5 Å². The SMILES string of the molecule is CCC(C)(C)CC(c1ccc(OC(C)OOc2ccccc2)cc1)C(C)C. The highest BCUT2D eigenvalue weighted by Crippen LogP contribution is 2.38. The Morgan fingerprint density at radius 2 is 1.48 bits per heavy atom. The summed E-state index contributed by atoms with van der Waals surface area (Å²) in [6.07, 6.45) is 1.87. The first-order valence-corrected chi connectivity index (χ1v) is 9.95. The van der Waals surface area contributed by atoms with Gasteiger partial charge in [-0.2, -0.15) is 0 Å². The van der Waals surface area contributed by atoms with Crippen LogP contribution in [0, 0.1) is 11.3 Å². The Kier molecular flexibility index (Phi) is 7.73. The maximum Gasteiger partial charge on any atom is 0.239 e. The molecule has 2 rings (SSSR count). The molecule has 0 saturated heterocycles. The summed E-state index contributed by atoms with van der Waals surface area (Å²) in [5, 5.41) is 0. The third kappa shape index (κ3) is 6.91. The molecule has 3 heteroatoms. The molecule has 0 heterocycles. The molecule has 0 amide bonds. The molecule has 0 fully saturated rings. The molecular formula is C24H34O3. The molecule has 148 valence electrons. The fourth-order valence-corrected chi connectivity index (χ4v) is 3.08. The Morgan fingerprint density at radius 3 is 2.04 bits per heavy atom. The predicted octanol–water partition coefficient (Wildman–Crippen LogP) is 6.99. The molecule has 2 atom stereocenters. The van der Waals surface area contributed by atoms with Crippen molar-refractivity contribution in [2.75, 3.05) is 0 Å². The van der Waals surface area contributed by atoms with Crippen LogP contribution in [0.3, 0.4) is 0 Å². The van der Waals surface area contributed by atoms with E-state index >= 15 is 0 Å². The van der Waals surface area contributed by atoms with Gasteiger partial charge in [-0.3, -0.25) is 0 Å². The minimum Gasteiger partial charge on any atom is -0.461 e. The highest BCUT2D eigenvalue weighted by Gasteiger charge is 2.25. The van der Waals surface area contributed by atoms with Crippen LogP contribution in [0.15, 0.2) is 54.6 Å². The maximum absolute atomic E-state index is 5.81. The van der Waals surface area contributed by atoms with E-state index in [9.17, 15) is 0 Å². The molecule has 0 aliphatic carbocycles. The van der Waals surface area contributed by atoms with Crippen LogP contribution in [-0.2, 0) is 4.89 Å². The molecular weight excluding hydrogens is 336 g/mol. The lowest BCUT2D eigenvalue weighted by atomic mass is 9.74. The molecule has 2 unspecified atom stereocenters. The molecule has 0 spiro atoms. The largest absolute Gasteiger partial charge is 0.461 e. The molecule has 0 N–H and O–H groups in total. The van der Waals surface area contributed by atoms with Crippen LogP contribution in [0.25, 0.3) is 0 Å². The van der Waals surface area contributed by atoms with Crippen LogP contribution in [0.1, 0.15) is 65.9 Å². The number of para-hydroxylation sites is 1. The highest BCUT2D eigenvalue weighted by molar-refractivity contribution is 5.30. The first kappa shape index (κ1) is 21.3. The standard InChI is InChI=1S/C24H34O3/c1-7-24(5,6)17-23(18(2)3)20-13-15-21(16-14-20)25-19(4)26-27-22-11-9-8-10-12-22/h8-16,18-19,23H,7,17H2,1-6H3. The van der Waals surface area contributed by atoms with Gasteiger partial charge in [-0.15, -0.1) is 4.89 Å². The molecule has 2 aromatic carbocycles. The normalized spacial score (nSPS) is 14.0. The number of rotatable bonds is 10. The Morgan fingerprint density at radius 1 is 0.852 bits per heavy atom. The summed E-state index contributed by atoms with van der Waals surface area (Å²) >= 11 is 0. The topological polar surface area (TPSA) is 27.7 Å². The van der Waals surface area contributed by atoms with E-state index < -0.39 is 6.29 Å². The molecule has 0 aromatic heterocycles. The number of benzene rings is 2. The van der Waals surface area contributed by atoms with Gasteiger partial charge in [0.15, 0.2) is 5.75 Å². The Hall–Kier alpha value is -2.00. The van der Waals surface area contributed by atoms with Crippen LogP contribution in [0.4, 0.5) is 0 Å². The summed E-state index contributed by atoms with van der Waals surface area (Å²) in [7, 11) is 0. The Bertz CT molecular complexity index is 662. The van der Waals surface area contributed by atoms with Gasteiger partial charge in [-0.05, 0) is 53.5 Å². The monoisotopic (exact) mass is 370 g/mol. The van der Waals surface area contributed by atoms with E-state index in [2.05, 4.69) is 46.8 Å². The second-order valence-electron chi connectivity index (χ2n) is 8.32. The van der Waals surface area contributed by atoms with Crippen molar-refractivity contribution in [3.63, 3.8) is 0 Å². The lowest BCUT2D eigenvalue weighted by molar-refractivity contribution is -0.289. The van der Waals surface area contributed by atoms with E-state index in [1.807, 2.05) is 49.4 Å². The van der Waals surface area contributed by atoms with Crippen molar-refractivity contribution >= 4 is 0 Å². The lowest BCUT2D eigenvalue weighted by Gasteiger charge is -2.31. The van der Waals surface area contributed by atoms with Gasteiger partial charge in [-0.1, -0.05) is 71.4 Å². The molecule has 27 heavy (non-hydrogen) atoms. The number of ether oxygens (including phenoxy) is 1. The molecule has 0 bridgehead atoms. The summed E-state index contributed by atoms with van der Waals surface area (Å²) in [4.78, 5) is 10.6. The van der Waals surface area contributed by atoms with Gasteiger partial charge in [0, 0.05) is 6.92 Å². The highest BCUT2D eigenvalue weighted by atomic mass is 17.2. The van der Waals surface area contributed by atoms with E-state index in [1.54, 1.807) is 0 Å². The Balaban J connectivity index is 1.94. The quantitative estimate of drug-likeness (QED) is 0.256. The van der Waals surface area contributed by atoms with E-state index in [1.165, 1.54) is 18.4 Å². The zero-order valence-electron chi connectivity index (χ0n) is 17.6. The van der Waals surface area contributed by atoms with Crippen molar-refractivity contribution in [3.05, 3.63) is 60.2 Å². The average molecular weight is 371 g/mol. The van der Waals surface area contributed by atoms with E-state index in [0.29, 0.717) is 23.0 Å². The second kappa shape index (κ2) is 9.80. The number of hydrogen-bond acceptors (Lipinski definition) is 3. The molecule has 3 nitrogen and oxygen atoms in total. The van der Waals surface area contributed by atoms with Crippen LogP contribution >= 0.6 is 0 Å². The minimum atomic E-state index is -0.504. The van der Waals surface area contributed by atoms with Gasteiger partial charge >= 0.3 is 0 Å². The zero-order chi connectivity index (χ0) is 19.9. The van der Waals surface area contributed by atoms with Crippen molar-refractivity contribution < 1.29 is 14.5 Å². The van der Waals surface area contributed by atoms with E-state index in [-0.39, 0.29) is 0 Å². The van der Waals surface area contributed by atoms with Gasteiger partial charge in [0.2, 0.25) is 6.29 Å². The number of hydrogen-bond donors (Lipinski definition) is 0. The summed E-state index contributed by atoms with van der Waals surface area (Å²) in [6.45, 7) is 13.4. The van der Waals surface area contributed by atoms with Crippen molar-refractivity contribution in [2.45, 2.75) is 66.6 Å². The molecule has 2 aromatic rings. The van der Waals surface area contributed by atoms with Crippen LogP contribution in [0.2, 0.25) is 0 Å². The zero-order valence-corrected chi connectivity index (χ0v) is 17.6. The predicted molar refractivity (Wildman–Crippen MR) is 111 cm³/mol. The maximum atomic E-state index is 5.81.